The van der Waals surface area contributed by atoms with Crippen LogP contribution in [0.15, 0.2) is 24.3 Å². The van der Waals surface area contributed by atoms with Crippen LogP contribution in [0.3, 0.4) is 0 Å². The average Bonchev–Trinajstić information content (AvgIpc) is 2.39. The molecule has 2 amide bonds. The SMILES string of the molecule is COc1ccc(C[C@H](N)C(=O)[N]C(=O)CN)cc1. The first-order chi connectivity index (χ1) is 8.56. The summed E-state index contributed by atoms with van der Waals surface area (Å²) in [6.07, 6.45) is 0.310. The summed E-state index contributed by atoms with van der Waals surface area (Å²) in [6, 6.07) is 6.31. The maximum atomic E-state index is 11.4. The Morgan fingerprint density at radius 1 is 1.33 bits per heavy atom. The number of methoxy groups -OCH3 is 1. The van der Waals surface area contributed by atoms with Crippen molar-refractivity contribution in [3.8, 4) is 5.75 Å². The molecule has 1 rings (SSSR count). The van der Waals surface area contributed by atoms with Gasteiger partial charge in [0.15, 0.2) is 0 Å². The van der Waals surface area contributed by atoms with Crippen molar-refractivity contribution in [2.24, 2.45) is 11.5 Å². The second-order valence-electron chi connectivity index (χ2n) is 3.71. The van der Waals surface area contributed by atoms with Crippen LogP contribution in [0.5, 0.6) is 5.75 Å². The Morgan fingerprint density at radius 3 is 2.44 bits per heavy atom. The first kappa shape index (κ1) is 14.1. The topological polar surface area (TPSA) is 110 Å². The highest BCUT2D eigenvalue weighted by Crippen LogP contribution is 2.12. The highest BCUT2D eigenvalue weighted by atomic mass is 16.5. The summed E-state index contributed by atoms with van der Waals surface area (Å²) in [5.74, 6) is -0.590. The molecular formula is C12H16N3O3. The molecule has 0 unspecified atom stereocenters. The van der Waals surface area contributed by atoms with E-state index in [-0.39, 0.29) is 6.54 Å². The van der Waals surface area contributed by atoms with Crippen LogP contribution in [0.25, 0.3) is 0 Å². The molecule has 18 heavy (non-hydrogen) atoms. The van der Waals surface area contributed by atoms with Crippen LogP contribution in [-0.4, -0.2) is 31.5 Å². The fourth-order valence-corrected chi connectivity index (χ4v) is 1.35. The van der Waals surface area contributed by atoms with Gasteiger partial charge in [0.25, 0.3) is 11.8 Å². The quantitative estimate of drug-likeness (QED) is 0.709. The standard InChI is InChI=1S/C12H16N3O3/c1-18-9-4-2-8(3-5-9)6-10(14)12(17)15-11(16)7-13/h2-5,10H,6-7,13-14H2,1H3/t10-/m0/s1. The predicted octanol–water partition coefficient (Wildman–Crippen LogP) is -0.819. The fourth-order valence-electron chi connectivity index (χ4n) is 1.35. The number of hydrogen-bond acceptors (Lipinski definition) is 5. The Kier molecular flexibility index (Phi) is 5.29. The third kappa shape index (κ3) is 4.15. The Bertz CT molecular complexity index is 417. The van der Waals surface area contributed by atoms with Crippen molar-refractivity contribution in [2.45, 2.75) is 12.5 Å². The van der Waals surface area contributed by atoms with E-state index in [1.807, 2.05) is 0 Å². The van der Waals surface area contributed by atoms with Gasteiger partial charge in [-0.3, -0.25) is 9.59 Å². The van der Waals surface area contributed by atoms with Gasteiger partial charge in [0, 0.05) is 0 Å². The summed E-state index contributed by atoms with van der Waals surface area (Å²) in [6.45, 7) is -0.291. The van der Waals surface area contributed by atoms with Gasteiger partial charge in [0.1, 0.15) is 5.75 Å². The Morgan fingerprint density at radius 2 is 1.94 bits per heavy atom. The van der Waals surface area contributed by atoms with Crippen molar-refractivity contribution in [3.63, 3.8) is 0 Å². The third-order valence-corrected chi connectivity index (χ3v) is 2.34. The van der Waals surface area contributed by atoms with Gasteiger partial charge in [0.05, 0.1) is 19.7 Å². The summed E-state index contributed by atoms with van der Waals surface area (Å²) in [4.78, 5) is 22.3. The summed E-state index contributed by atoms with van der Waals surface area (Å²) in [5, 5.41) is 3.27. The molecule has 0 bridgehead atoms. The first-order valence-corrected chi connectivity index (χ1v) is 5.43. The molecule has 6 heteroatoms. The number of imide groups is 1. The molecule has 6 nitrogen and oxygen atoms in total. The second kappa shape index (κ2) is 6.73. The molecule has 0 saturated heterocycles. The summed E-state index contributed by atoms with van der Waals surface area (Å²) in [7, 11) is 1.57. The smallest absolute Gasteiger partial charge is 0.266 e. The Labute approximate surface area is 105 Å². The lowest BCUT2D eigenvalue weighted by molar-refractivity contribution is -0.130. The third-order valence-electron chi connectivity index (χ3n) is 2.34. The highest BCUT2D eigenvalue weighted by molar-refractivity contribution is 5.98. The summed E-state index contributed by atoms with van der Waals surface area (Å²) >= 11 is 0. The van der Waals surface area contributed by atoms with Gasteiger partial charge in [-0.1, -0.05) is 12.1 Å². The second-order valence-corrected chi connectivity index (χ2v) is 3.71. The van der Waals surface area contributed by atoms with E-state index in [9.17, 15) is 9.59 Å². The van der Waals surface area contributed by atoms with Crippen molar-refractivity contribution >= 4 is 11.8 Å². The number of amides is 2. The molecule has 1 aromatic rings. The molecule has 0 fully saturated rings. The van der Waals surface area contributed by atoms with E-state index >= 15 is 0 Å². The van der Waals surface area contributed by atoms with Crippen LogP contribution in [0.2, 0.25) is 0 Å². The number of nitrogens with two attached hydrogens (primary N) is 2. The molecule has 1 atom stereocenters. The van der Waals surface area contributed by atoms with Gasteiger partial charge >= 0.3 is 0 Å². The molecule has 1 aromatic carbocycles. The number of hydrogen-bond donors (Lipinski definition) is 2. The molecule has 4 N–H and O–H groups in total. The van der Waals surface area contributed by atoms with Crippen molar-refractivity contribution in [1.82, 2.24) is 5.32 Å². The number of benzene rings is 1. The minimum absolute atomic E-state index is 0.291. The van der Waals surface area contributed by atoms with E-state index in [2.05, 4.69) is 5.32 Å². The zero-order valence-electron chi connectivity index (χ0n) is 10.1. The van der Waals surface area contributed by atoms with E-state index in [1.54, 1.807) is 31.4 Å². The van der Waals surface area contributed by atoms with Crippen molar-refractivity contribution in [3.05, 3.63) is 29.8 Å². The van der Waals surface area contributed by atoms with Crippen LogP contribution in [-0.2, 0) is 16.0 Å². The zero-order chi connectivity index (χ0) is 13.5. The van der Waals surface area contributed by atoms with E-state index < -0.39 is 17.9 Å². The number of carbonyl (C=O) groups excluding carboxylic acids is 2. The van der Waals surface area contributed by atoms with E-state index in [1.165, 1.54) is 0 Å². The van der Waals surface area contributed by atoms with Crippen LogP contribution < -0.4 is 21.5 Å². The largest absolute Gasteiger partial charge is 0.497 e. The monoisotopic (exact) mass is 250 g/mol. The minimum Gasteiger partial charge on any atom is -0.497 e. The van der Waals surface area contributed by atoms with Crippen molar-refractivity contribution in [2.75, 3.05) is 13.7 Å². The van der Waals surface area contributed by atoms with E-state index in [0.717, 1.165) is 11.3 Å². The first-order valence-electron chi connectivity index (χ1n) is 5.43. The molecule has 0 aliphatic rings. The highest BCUT2D eigenvalue weighted by Gasteiger charge is 2.18. The molecule has 0 saturated carbocycles. The predicted molar refractivity (Wildman–Crippen MR) is 65.9 cm³/mol. The fraction of sp³-hybridized carbons (Fsp3) is 0.333. The normalized spacial score (nSPS) is 11.7. The molecule has 97 valence electrons. The lowest BCUT2D eigenvalue weighted by Gasteiger charge is -2.09. The van der Waals surface area contributed by atoms with Crippen LogP contribution >= 0.6 is 0 Å². The number of ether oxygens (including phenoxy) is 1. The Balaban J connectivity index is 2.55. The minimum atomic E-state index is -0.839. The maximum Gasteiger partial charge on any atom is 0.266 e. The van der Waals surface area contributed by atoms with Crippen LogP contribution in [0.4, 0.5) is 0 Å². The van der Waals surface area contributed by atoms with Crippen molar-refractivity contribution in [1.29, 1.82) is 0 Å². The Hall–Kier alpha value is -1.92. The average molecular weight is 250 g/mol. The number of carbonyl (C=O) groups is 2. The van der Waals surface area contributed by atoms with Gasteiger partial charge in [-0.15, -0.1) is 0 Å². The summed E-state index contributed by atoms with van der Waals surface area (Å²) in [5.41, 5.74) is 11.6. The molecule has 1 radical (unpaired) electrons. The lowest BCUT2D eigenvalue weighted by atomic mass is 10.1. The molecular weight excluding hydrogens is 234 g/mol. The van der Waals surface area contributed by atoms with Crippen molar-refractivity contribution < 1.29 is 14.3 Å². The lowest BCUT2D eigenvalue weighted by Crippen LogP contribution is -2.42. The molecule has 0 spiro atoms. The summed E-state index contributed by atoms with van der Waals surface area (Å²) < 4.78 is 5.01. The van der Waals surface area contributed by atoms with Crippen LogP contribution in [0, 0.1) is 0 Å². The van der Waals surface area contributed by atoms with Gasteiger partial charge < -0.3 is 16.2 Å². The number of nitrogens with zero attached hydrogens (tertiary/aromatic N) is 1. The van der Waals surface area contributed by atoms with E-state index in [0.29, 0.717) is 6.42 Å². The molecule has 0 aromatic heterocycles. The molecule has 0 heterocycles. The van der Waals surface area contributed by atoms with Gasteiger partial charge in [0.2, 0.25) is 0 Å². The van der Waals surface area contributed by atoms with Gasteiger partial charge in [-0.2, -0.15) is 5.32 Å². The van der Waals surface area contributed by atoms with Gasteiger partial charge in [-0.25, -0.2) is 0 Å². The van der Waals surface area contributed by atoms with Crippen LogP contribution in [0.1, 0.15) is 5.56 Å². The molecule has 0 aliphatic heterocycles. The number of rotatable bonds is 5. The zero-order valence-corrected chi connectivity index (χ0v) is 10.1. The van der Waals surface area contributed by atoms with Gasteiger partial charge in [-0.05, 0) is 24.1 Å². The molecule has 0 aliphatic carbocycles. The van der Waals surface area contributed by atoms with E-state index in [4.69, 9.17) is 16.2 Å². The maximum absolute atomic E-state index is 11.4.